The van der Waals surface area contributed by atoms with Gasteiger partial charge in [-0.2, -0.15) is 0 Å². The molecule has 0 aliphatic heterocycles. The van der Waals surface area contributed by atoms with Gasteiger partial charge in [0.25, 0.3) is 0 Å². The summed E-state index contributed by atoms with van der Waals surface area (Å²) in [6.07, 6.45) is 4.15. The first kappa shape index (κ1) is 11.3. The van der Waals surface area contributed by atoms with Crippen molar-refractivity contribution in [3.63, 3.8) is 0 Å². The van der Waals surface area contributed by atoms with Gasteiger partial charge in [0.2, 0.25) is 0 Å². The van der Waals surface area contributed by atoms with Crippen LogP contribution in [0.2, 0.25) is 0 Å². The van der Waals surface area contributed by atoms with Gasteiger partial charge in [-0.1, -0.05) is 30.7 Å². The van der Waals surface area contributed by atoms with Gasteiger partial charge in [-0.05, 0) is 62.1 Å². The van der Waals surface area contributed by atoms with Crippen LogP contribution in [0.3, 0.4) is 0 Å². The monoisotopic (exact) mass is 229 g/mol. The Morgan fingerprint density at radius 1 is 1.29 bits per heavy atom. The third-order valence-electron chi connectivity index (χ3n) is 4.64. The average molecular weight is 229 g/mol. The highest BCUT2D eigenvalue weighted by Crippen LogP contribution is 2.54. The van der Waals surface area contributed by atoms with Crippen LogP contribution in [0, 0.1) is 19.8 Å². The van der Waals surface area contributed by atoms with E-state index >= 15 is 0 Å². The highest BCUT2D eigenvalue weighted by Gasteiger charge is 2.51. The van der Waals surface area contributed by atoms with Gasteiger partial charge in [-0.15, -0.1) is 0 Å². The molecule has 1 nitrogen and oxygen atoms in total. The minimum atomic E-state index is 0.444. The molecule has 1 aromatic carbocycles. The van der Waals surface area contributed by atoms with Gasteiger partial charge in [0.1, 0.15) is 0 Å². The lowest BCUT2D eigenvalue weighted by Gasteiger charge is -2.16. The third-order valence-corrected chi connectivity index (χ3v) is 4.64. The molecule has 0 aromatic heterocycles. The van der Waals surface area contributed by atoms with Crippen molar-refractivity contribution in [1.82, 2.24) is 5.32 Å². The van der Waals surface area contributed by atoms with Crippen molar-refractivity contribution in [1.29, 1.82) is 0 Å². The summed E-state index contributed by atoms with van der Waals surface area (Å²) in [5, 5.41) is 3.67. The van der Waals surface area contributed by atoms with E-state index in [1.165, 1.54) is 36.9 Å². The fourth-order valence-corrected chi connectivity index (χ4v) is 3.13. The molecule has 2 atom stereocenters. The second kappa shape index (κ2) is 3.84. The molecular weight excluding hydrogens is 206 g/mol. The molecule has 0 saturated heterocycles. The fraction of sp³-hybridized carbons (Fsp3) is 0.625. The maximum absolute atomic E-state index is 3.67. The largest absolute Gasteiger partial charge is 0.314 e. The molecule has 3 rings (SSSR count). The van der Waals surface area contributed by atoms with E-state index in [-0.39, 0.29) is 0 Å². The van der Waals surface area contributed by atoms with Crippen LogP contribution in [0.5, 0.6) is 0 Å². The second-order valence-corrected chi connectivity index (χ2v) is 6.32. The Morgan fingerprint density at radius 2 is 2.06 bits per heavy atom. The van der Waals surface area contributed by atoms with Crippen LogP contribution in [-0.4, -0.2) is 12.6 Å². The third kappa shape index (κ3) is 2.13. The maximum Gasteiger partial charge on any atom is 0.00683 e. The summed E-state index contributed by atoms with van der Waals surface area (Å²) in [6.45, 7) is 8.09. The van der Waals surface area contributed by atoms with Crippen molar-refractivity contribution in [2.24, 2.45) is 5.92 Å². The van der Waals surface area contributed by atoms with E-state index in [1.54, 1.807) is 5.56 Å². The Labute approximate surface area is 105 Å². The predicted molar refractivity (Wildman–Crippen MR) is 72.4 cm³/mol. The van der Waals surface area contributed by atoms with Gasteiger partial charge in [0.15, 0.2) is 0 Å². The second-order valence-electron chi connectivity index (χ2n) is 6.32. The molecule has 2 saturated carbocycles. The molecular formula is C16H23N. The molecule has 2 aliphatic rings. The van der Waals surface area contributed by atoms with Crippen LogP contribution in [-0.2, 0) is 5.41 Å². The van der Waals surface area contributed by atoms with E-state index in [9.17, 15) is 0 Å². The molecule has 1 heteroatoms. The van der Waals surface area contributed by atoms with Crippen LogP contribution in [0.1, 0.15) is 42.9 Å². The Hall–Kier alpha value is -0.820. The summed E-state index contributed by atoms with van der Waals surface area (Å²) < 4.78 is 0. The summed E-state index contributed by atoms with van der Waals surface area (Å²) >= 11 is 0. The summed E-state index contributed by atoms with van der Waals surface area (Å²) in [4.78, 5) is 0. The van der Waals surface area contributed by atoms with Gasteiger partial charge in [0.05, 0.1) is 0 Å². The molecule has 2 unspecified atom stereocenters. The zero-order valence-corrected chi connectivity index (χ0v) is 11.2. The molecule has 2 fully saturated rings. The fourth-order valence-electron chi connectivity index (χ4n) is 3.13. The lowest BCUT2D eigenvalue weighted by atomic mass is 9.90. The molecule has 17 heavy (non-hydrogen) atoms. The van der Waals surface area contributed by atoms with Crippen molar-refractivity contribution in [3.8, 4) is 0 Å². The predicted octanol–water partition coefficient (Wildman–Crippen LogP) is 3.33. The number of benzene rings is 1. The van der Waals surface area contributed by atoms with Crippen LogP contribution in [0.25, 0.3) is 0 Å². The lowest BCUT2D eigenvalue weighted by Crippen LogP contribution is -2.22. The van der Waals surface area contributed by atoms with Crippen LogP contribution >= 0.6 is 0 Å². The summed E-state index contributed by atoms with van der Waals surface area (Å²) in [7, 11) is 0. The maximum atomic E-state index is 3.67. The highest BCUT2D eigenvalue weighted by molar-refractivity contribution is 5.41. The topological polar surface area (TPSA) is 12.0 Å². The van der Waals surface area contributed by atoms with Crippen LogP contribution in [0.4, 0.5) is 0 Å². The van der Waals surface area contributed by atoms with Gasteiger partial charge in [-0.3, -0.25) is 0 Å². The Morgan fingerprint density at radius 3 is 2.71 bits per heavy atom. The summed E-state index contributed by atoms with van der Waals surface area (Å²) in [5.74, 6) is 0.851. The minimum absolute atomic E-state index is 0.444. The van der Waals surface area contributed by atoms with Gasteiger partial charge in [-0.25, -0.2) is 0 Å². The van der Waals surface area contributed by atoms with Crippen LogP contribution in [0.15, 0.2) is 18.2 Å². The quantitative estimate of drug-likeness (QED) is 0.835. The van der Waals surface area contributed by atoms with Gasteiger partial charge >= 0.3 is 0 Å². The zero-order valence-electron chi connectivity index (χ0n) is 11.2. The molecule has 0 bridgehead atoms. The van der Waals surface area contributed by atoms with Crippen molar-refractivity contribution in [2.75, 3.05) is 6.54 Å². The molecule has 92 valence electrons. The first-order valence-corrected chi connectivity index (χ1v) is 6.91. The molecule has 0 radical (unpaired) electrons. The summed E-state index contributed by atoms with van der Waals surface area (Å²) in [6, 6.07) is 7.78. The Kier molecular flexibility index (Phi) is 2.55. The number of hydrogen-bond donors (Lipinski definition) is 1. The van der Waals surface area contributed by atoms with E-state index in [4.69, 9.17) is 0 Å². The van der Waals surface area contributed by atoms with Crippen molar-refractivity contribution in [2.45, 2.75) is 51.5 Å². The molecule has 0 heterocycles. The highest BCUT2D eigenvalue weighted by atomic mass is 15.0. The first-order valence-electron chi connectivity index (χ1n) is 6.91. The normalized spacial score (nSPS) is 31.6. The Bertz CT molecular complexity index is 433. The van der Waals surface area contributed by atoms with Crippen molar-refractivity contribution < 1.29 is 0 Å². The van der Waals surface area contributed by atoms with Crippen LogP contribution < -0.4 is 5.32 Å². The van der Waals surface area contributed by atoms with E-state index in [0.29, 0.717) is 5.41 Å². The minimum Gasteiger partial charge on any atom is -0.314 e. The first-order chi connectivity index (χ1) is 8.09. The smallest absolute Gasteiger partial charge is 0.00683 e. The van der Waals surface area contributed by atoms with E-state index in [0.717, 1.165) is 12.0 Å². The molecule has 1 aromatic rings. The molecule has 2 aliphatic carbocycles. The molecule has 0 spiro atoms. The molecule has 1 N–H and O–H groups in total. The van der Waals surface area contributed by atoms with Crippen molar-refractivity contribution in [3.05, 3.63) is 34.9 Å². The summed E-state index contributed by atoms with van der Waals surface area (Å²) in [5.41, 5.74) is 4.87. The number of hydrogen-bond acceptors (Lipinski definition) is 1. The standard InChI is InChI=1S/C16H23N/c1-11-4-7-15(12(2)8-11)16(3)9-13(16)10-17-14-5-6-14/h4,7-8,13-14,17H,5-6,9-10H2,1-3H3. The number of rotatable bonds is 4. The number of nitrogens with one attached hydrogen (secondary N) is 1. The molecule has 0 amide bonds. The van der Waals surface area contributed by atoms with E-state index in [2.05, 4.69) is 44.3 Å². The van der Waals surface area contributed by atoms with Gasteiger partial charge in [0, 0.05) is 6.04 Å². The SMILES string of the molecule is Cc1ccc(C2(C)CC2CNC2CC2)c(C)c1. The van der Waals surface area contributed by atoms with Gasteiger partial charge < -0.3 is 5.32 Å². The average Bonchev–Trinajstić information content (AvgIpc) is 3.13. The Balaban J connectivity index is 1.70. The zero-order chi connectivity index (χ0) is 12.0. The van der Waals surface area contributed by atoms with Crippen molar-refractivity contribution >= 4 is 0 Å². The van der Waals surface area contributed by atoms with E-state index < -0.39 is 0 Å². The van der Waals surface area contributed by atoms with E-state index in [1.807, 2.05) is 0 Å². The lowest BCUT2D eigenvalue weighted by molar-refractivity contribution is 0.574. The number of aryl methyl sites for hydroxylation is 2.